The molecule has 0 spiro atoms. The Morgan fingerprint density at radius 1 is 0.935 bits per heavy atom. The summed E-state index contributed by atoms with van der Waals surface area (Å²) >= 11 is 0. The Morgan fingerprint density at radius 2 is 1.84 bits per heavy atom. The van der Waals surface area contributed by atoms with Crippen molar-refractivity contribution < 1.29 is 0 Å². The van der Waals surface area contributed by atoms with Crippen molar-refractivity contribution in [2.75, 3.05) is 13.1 Å². The number of likely N-dealkylation sites (tertiary alicyclic amines) is 1. The average molecular weight is 412 g/mol. The van der Waals surface area contributed by atoms with Gasteiger partial charge in [0, 0.05) is 30.7 Å². The summed E-state index contributed by atoms with van der Waals surface area (Å²) in [6.07, 6.45) is 14.2. The van der Waals surface area contributed by atoms with Crippen molar-refractivity contribution in [1.82, 2.24) is 49.3 Å². The monoisotopic (exact) mass is 412 g/mol. The predicted octanol–water partition coefficient (Wildman–Crippen LogP) is 1.82. The van der Waals surface area contributed by atoms with Crippen molar-refractivity contribution in [1.29, 1.82) is 0 Å². The van der Waals surface area contributed by atoms with Crippen molar-refractivity contribution >= 4 is 5.65 Å². The number of hydrogen-bond donors (Lipinski definition) is 0. The summed E-state index contributed by atoms with van der Waals surface area (Å²) in [4.78, 5) is 13.0. The van der Waals surface area contributed by atoms with E-state index in [4.69, 9.17) is 4.98 Å². The zero-order valence-electron chi connectivity index (χ0n) is 16.8. The first-order chi connectivity index (χ1) is 15.3. The number of nitrogens with zero attached hydrogens (tertiary/aromatic N) is 10. The van der Waals surface area contributed by atoms with Crippen LogP contribution in [-0.2, 0) is 13.1 Å². The Kier molecular flexibility index (Phi) is 4.27. The van der Waals surface area contributed by atoms with Gasteiger partial charge in [0.05, 0.1) is 37.0 Å². The molecule has 0 N–H and O–H groups in total. The van der Waals surface area contributed by atoms with Gasteiger partial charge in [-0.05, 0) is 37.2 Å². The molecule has 0 atom stereocenters. The second kappa shape index (κ2) is 7.40. The molecule has 0 bridgehead atoms. The van der Waals surface area contributed by atoms with E-state index in [9.17, 15) is 0 Å². The molecule has 6 rings (SSSR count). The average Bonchev–Trinajstić information content (AvgIpc) is 3.51. The second-order valence-electron chi connectivity index (χ2n) is 7.72. The molecular formula is C21H20N10. The minimum Gasteiger partial charge on any atom is -0.306 e. The Morgan fingerprint density at radius 3 is 2.68 bits per heavy atom. The Bertz CT molecular complexity index is 1330. The van der Waals surface area contributed by atoms with E-state index in [0.29, 0.717) is 6.54 Å². The minimum absolute atomic E-state index is 0.546. The largest absolute Gasteiger partial charge is 0.306 e. The van der Waals surface area contributed by atoms with E-state index in [0.717, 1.165) is 34.8 Å². The standard InChI is InChI=1S/C21H20N10/c1-6-28(7-1)11-16-2-3-21-25-18(13-29(21)12-16)14-30-15-20(26-27-30)17-8-19(10-22-9-17)31-23-4-5-24-31/h2-5,8-10,12-13,15H,1,6-7,11,14H2. The second-order valence-corrected chi connectivity index (χ2v) is 7.72. The van der Waals surface area contributed by atoms with Crippen LogP contribution in [0, 0.1) is 0 Å². The number of hydrogen-bond acceptors (Lipinski definition) is 7. The topological polar surface area (TPSA) is 94.8 Å². The Hall–Kier alpha value is -3.92. The van der Waals surface area contributed by atoms with E-state index in [1.165, 1.54) is 29.9 Å². The smallest absolute Gasteiger partial charge is 0.137 e. The van der Waals surface area contributed by atoms with E-state index < -0.39 is 0 Å². The first-order valence-electron chi connectivity index (χ1n) is 10.2. The lowest BCUT2D eigenvalue weighted by molar-refractivity contribution is 0.172. The van der Waals surface area contributed by atoms with Crippen molar-refractivity contribution in [2.24, 2.45) is 0 Å². The summed E-state index contributed by atoms with van der Waals surface area (Å²) in [5.41, 5.74) is 5.54. The normalized spacial score (nSPS) is 14.2. The molecule has 1 aliphatic rings. The highest BCUT2D eigenvalue weighted by Gasteiger charge is 2.14. The molecule has 0 unspecified atom stereocenters. The molecule has 154 valence electrons. The maximum Gasteiger partial charge on any atom is 0.137 e. The molecule has 0 radical (unpaired) electrons. The lowest BCUT2D eigenvalue weighted by Gasteiger charge is -2.30. The summed E-state index contributed by atoms with van der Waals surface area (Å²) in [7, 11) is 0. The molecule has 1 fully saturated rings. The van der Waals surface area contributed by atoms with Crippen LogP contribution in [0.3, 0.4) is 0 Å². The van der Waals surface area contributed by atoms with Gasteiger partial charge in [0.15, 0.2) is 0 Å². The minimum atomic E-state index is 0.546. The molecule has 5 aromatic rings. The van der Waals surface area contributed by atoms with Crippen LogP contribution in [0.1, 0.15) is 17.7 Å². The van der Waals surface area contributed by atoms with Crippen LogP contribution < -0.4 is 0 Å². The fourth-order valence-corrected chi connectivity index (χ4v) is 3.76. The molecule has 31 heavy (non-hydrogen) atoms. The van der Waals surface area contributed by atoms with Crippen LogP contribution in [0.25, 0.3) is 22.6 Å². The predicted molar refractivity (Wildman–Crippen MR) is 112 cm³/mol. The maximum atomic E-state index is 4.72. The summed E-state index contributed by atoms with van der Waals surface area (Å²) < 4.78 is 3.88. The number of rotatable bonds is 6. The third-order valence-corrected chi connectivity index (χ3v) is 5.45. The summed E-state index contributed by atoms with van der Waals surface area (Å²) in [5.74, 6) is 0. The number of aromatic nitrogens is 9. The van der Waals surface area contributed by atoms with Crippen molar-refractivity contribution in [3.8, 4) is 16.9 Å². The molecule has 1 saturated heterocycles. The van der Waals surface area contributed by atoms with Crippen LogP contribution in [-0.4, -0.2) is 62.3 Å². The quantitative estimate of drug-likeness (QED) is 0.420. The first kappa shape index (κ1) is 17.9. The van der Waals surface area contributed by atoms with Crippen LogP contribution in [0.15, 0.2) is 61.6 Å². The van der Waals surface area contributed by atoms with Gasteiger partial charge in [0.25, 0.3) is 0 Å². The molecule has 0 aromatic carbocycles. The molecule has 0 saturated carbocycles. The van der Waals surface area contributed by atoms with Crippen molar-refractivity contribution in [3.63, 3.8) is 0 Å². The number of fused-ring (bicyclic) bond motifs is 1. The highest BCUT2D eigenvalue weighted by molar-refractivity contribution is 5.59. The number of pyridine rings is 2. The van der Waals surface area contributed by atoms with Crippen LogP contribution in [0.5, 0.6) is 0 Å². The summed E-state index contributed by atoms with van der Waals surface area (Å²) in [6, 6.07) is 6.17. The molecule has 0 amide bonds. The molecular weight excluding hydrogens is 392 g/mol. The van der Waals surface area contributed by atoms with Gasteiger partial charge in [-0.3, -0.25) is 9.88 Å². The highest BCUT2D eigenvalue weighted by atomic mass is 15.5. The van der Waals surface area contributed by atoms with Gasteiger partial charge in [0.2, 0.25) is 0 Å². The third-order valence-electron chi connectivity index (χ3n) is 5.45. The zero-order valence-corrected chi connectivity index (χ0v) is 16.8. The van der Waals surface area contributed by atoms with Gasteiger partial charge < -0.3 is 4.40 Å². The molecule has 1 aliphatic heterocycles. The third kappa shape index (κ3) is 3.57. The fraction of sp³-hybridized carbons (Fsp3) is 0.238. The van der Waals surface area contributed by atoms with E-state index in [2.05, 4.69) is 59.3 Å². The van der Waals surface area contributed by atoms with E-state index >= 15 is 0 Å². The van der Waals surface area contributed by atoms with Crippen molar-refractivity contribution in [3.05, 3.63) is 72.8 Å². The number of imidazole rings is 1. The molecule has 10 nitrogen and oxygen atoms in total. The Labute approximate surface area is 177 Å². The van der Waals surface area contributed by atoms with Gasteiger partial charge in [-0.25, -0.2) is 9.67 Å². The molecule has 10 heteroatoms. The lowest BCUT2D eigenvalue weighted by Crippen LogP contribution is -2.36. The summed E-state index contributed by atoms with van der Waals surface area (Å²) in [6.45, 7) is 3.93. The van der Waals surface area contributed by atoms with E-state index in [1.807, 2.05) is 12.3 Å². The van der Waals surface area contributed by atoms with Gasteiger partial charge in [-0.15, -0.1) is 5.10 Å². The zero-order chi connectivity index (χ0) is 20.6. The summed E-state index contributed by atoms with van der Waals surface area (Å²) in [5, 5.41) is 16.9. The van der Waals surface area contributed by atoms with Crippen molar-refractivity contribution in [2.45, 2.75) is 19.5 Å². The highest BCUT2D eigenvalue weighted by Crippen LogP contribution is 2.18. The maximum absolute atomic E-state index is 4.72. The van der Waals surface area contributed by atoms with Gasteiger partial charge in [-0.1, -0.05) is 11.3 Å². The van der Waals surface area contributed by atoms with Crippen LogP contribution in [0.4, 0.5) is 0 Å². The molecule has 0 aliphatic carbocycles. The van der Waals surface area contributed by atoms with Gasteiger partial charge >= 0.3 is 0 Å². The fourth-order valence-electron chi connectivity index (χ4n) is 3.76. The van der Waals surface area contributed by atoms with E-state index in [-0.39, 0.29) is 0 Å². The van der Waals surface area contributed by atoms with Crippen LogP contribution >= 0.6 is 0 Å². The van der Waals surface area contributed by atoms with Gasteiger partial charge in [0.1, 0.15) is 17.0 Å². The SMILES string of the molecule is c1cnn(-c2cncc(-c3cn(Cc4cn5cc(CN6CCC6)ccc5n4)nn3)c2)n1. The van der Waals surface area contributed by atoms with E-state index in [1.54, 1.807) is 29.5 Å². The molecule has 6 heterocycles. The van der Waals surface area contributed by atoms with Crippen LogP contribution in [0.2, 0.25) is 0 Å². The first-order valence-corrected chi connectivity index (χ1v) is 10.2. The Balaban J connectivity index is 1.21. The van der Waals surface area contributed by atoms with Gasteiger partial charge in [-0.2, -0.15) is 15.0 Å². The lowest BCUT2D eigenvalue weighted by atomic mass is 10.2. The molecule has 5 aromatic heterocycles.